The fourth-order valence-electron chi connectivity index (χ4n) is 1.76. The van der Waals surface area contributed by atoms with E-state index in [2.05, 4.69) is 0 Å². The number of carbonyl (C=O) groups excluding carboxylic acids is 1. The lowest BCUT2D eigenvalue weighted by Gasteiger charge is -2.26. The molecular formula is C13H17NO4. The molecule has 0 N–H and O–H groups in total. The van der Waals surface area contributed by atoms with E-state index in [0.29, 0.717) is 18.2 Å². The van der Waals surface area contributed by atoms with Gasteiger partial charge < -0.3 is 19.1 Å². The Balaban J connectivity index is 1.88. The van der Waals surface area contributed by atoms with Crippen molar-refractivity contribution in [3.63, 3.8) is 0 Å². The van der Waals surface area contributed by atoms with Gasteiger partial charge in [0.2, 0.25) is 0 Å². The second-order valence-electron chi connectivity index (χ2n) is 3.99. The maximum absolute atomic E-state index is 11.9. The molecule has 0 spiro atoms. The lowest BCUT2D eigenvalue weighted by atomic mass is 10.3. The van der Waals surface area contributed by atoms with Gasteiger partial charge in [-0.1, -0.05) is 12.1 Å². The molecule has 0 unspecified atom stereocenters. The minimum absolute atomic E-state index is 0.00370. The van der Waals surface area contributed by atoms with Gasteiger partial charge in [0.25, 0.3) is 5.91 Å². The summed E-state index contributed by atoms with van der Waals surface area (Å²) in [5.74, 6) is 1.13. The highest BCUT2D eigenvalue weighted by Crippen LogP contribution is 2.25. The molecule has 5 nitrogen and oxygen atoms in total. The van der Waals surface area contributed by atoms with Crippen molar-refractivity contribution < 1.29 is 19.0 Å². The first-order valence-corrected chi connectivity index (χ1v) is 5.92. The maximum Gasteiger partial charge on any atom is 0.262 e. The molecule has 98 valence electrons. The van der Waals surface area contributed by atoms with Crippen molar-refractivity contribution in [1.82, 2.24) is 4.90 Å². The Labute approximate surface area is 106 Å². The normalized spacial score (nSPS) is 15.3. The van der Waals surface area contributed by atoms with Gasteiger partial charge in [-0.3, -0.25) is 4.79 Å². The quantitative estimate of drug-likeness (QED) is 0.808. The number of methoxy groups -OCH3 is 1. The third kappa shape index (κ3) is 3.13. The second-order valence-corrected chi connectivity index (χ2v) is 3.99. The summed E-state index contributed by atoms with van der Waals surface area (Å²) in [6.07, 6.45) is 0.875. The Kier molecular flexibility index (Phi) is 4.41. The Morgan fingerprint density at radius 3 is 2.83 bits per heavy atom. The molecule has 0 bridgehead atoms. The van der Waals surface area contributed by atoms with E-state index in [9.17, 15) is 4.79 Å². The van der Waals surface area contributed by atoms with Crippen LogP contribution in [0.5, 0.6) is 11.5 Å². The highest BCUT2D eigenvalue weighted by molar-refractivity contribution is 5.77. The summed E-state index contributed by atoms with van der Waals surface area (Å²) in [6, 6.07) is 7.26. The SMILES string of the molecule is COc1ccccc1OCC(=O)N1CCCOC1. The van der Waals surface area contributed by atoms with Gasteiger partial charge >= 0.3 is 0 Å². The minimum Gasteiger partial charge on any atom is -0.493 e. The van der Waals surface area contributed by atoms with Crippen LogP contribution in [0.4, 0.5) is 0 Å². The Bertz CT molecular complexity index is 402. The van der Waals surface area contributed by atoms with Crippen LogP contribution < -0.4 is 9.47 Å². The highest BCUT2D eigenvalue weighted by atomic mass is 16.5. The molecular weight excluding hydrogens is 234 g/mol. The number of hydrogen-bond acceptors (Lipinski definition) is 4. The minimum atomic E-state index is -0.0689. The summed E-state index contributed by atoms with van der Waals surface area (Å²) >= 11 is 0. The van der Waals surface area contributed by atoms with E-state index in [-0.39, 0.29) is 12.5 Å². The molecule has 0 saturated carbocycles. The Morgan fingerprint density at radius 1 is 1.39 bits per heavy atom. The standard InChI is InChI=1S/C13H17NO4/c1-16-11-5-2-3-6-12(11)18-9-13(15)14-7-4-8-17-10-14/h2-3,5-6H,4,7-10H2,1H3. The molecule has 1 aliphatic heterocycles. The number of rotatable bonds is 4. The molecule has 0 aliphatic carbocycles. The molecule has 1 aromatic carbocycles. The smallest absolute Gasteiger partial charge is 0.262 e. The van der Waals surface area contributed by atoms with Crippen molar-refractivity contribution in [2.24, 2.45) is 0 Å². The first kappa shape index (κ1) is 12.7. The molecule has 1 saturated heterocycles. The second kappa shape index (κ2) is 6.26. The van der Waals surface area contributed by atoms with Gasteiger partial charge in [-0.05, 0) is 18.6 Å². The van der Waals surface area contributed by atoms with Crippen LogP contribution in [0.2, 0.25) is 0 Å². The number of benzene rings is 1. The van der Waals surface area contributed by atoms with Crippen LogP contribution in [0.3, 0.4) is 0 Å². The third-order valence-corrected chi connectivity index (χ3v) is 2.74. The largest absolute Gasteiger partial charge is 0.493 e. The monoisotopic (exact) mass is 251 g/mol. The first-order chi connectivity index (χ1) is 8.81. The van der Waals surface area contributed by atoms with Crippen molar-refractivity contribution in [2.75, 3.05) is 33.6 Å². The van der Waals surface area contributed by atoms with Crippen molar-refractivity contribution in [3.8, 4) is 11.5 Å². The summed E-state index contributed by atoms with van der Waals surface area (Å²) in [4.78, 5) is 13.5. The van der Waals surface area contributed by atoms with Gasteiger partial charge in [0, 0.05) is 6.54 Å². The Morgan fingerprint density at radius 2 is 2.17 bits per heavy atom. The molecule has 1 aromatic rings. The van der Waals surface area contributed by atoms with Crippen LogP contribution in [0.15, 0.2) is 24.3 Å². The summed E-state index contributed by atoms with van der Waals surface area (Å²) in [5, 5.41) is 0. The van der Waals surface area contributed by atoms with Crippen molar-refractivity contribution in [3.05, 3.63) is 24.3 Å². The van der Waals surface area contributed by atoms with Crippen LogP contribution in [0, 0.1) is 0 Å². The van der Waals surface area contributed by atoms with Gasteiger partial charge in [0.05, 0.1) is 13.7 Å². The fraction of sp³-hybridized carbons (Fsp3) is 0.462. The zero-order chi connectivity index (χ0) is 12.8. The number of para-hydroxylation sites is 2. The number of carbonyl (C=O) groups is 1. The molecule has 2 rings (SSSR count). The molecule has 1 amide bonds. The zero-order valence-corrected chi connectivity index (χ0v) is 10.4. The topological polar surface area (TPSA) is 48.0 Å². The van der Waals surface area contributed by atoms with Crippen molar-refractivity contribution >= 4 is 5.91 Å². The summed E-state index contributed by atoms with van der Waals surface area (Å²) in [5.41, 5.74) is 0. The first-order valence-electron chi connectivity index (χ1n) is 5.92. The fourth-order valence-corrected chi connectivity index (χ4v) is 1.76. The van der Waals surface area contributed by atoms with Crippen LogP contribution >= 0.6 is 0 Å². The van der Waals surface area contributed by atoms with Crippen LogP contribution in [0.1, 0.15) is 6.42 Å². The summed E-state index contributed by atoms with van der Waals surface area (Å²) < 4.78 is 15.8. The molecule has 5 heteroatoms. The summed E-state index contributed by atoms with van der Waals surface area (Å²) in [6.45, 7) is 1.81. The Hall–Kier alpha value is -1.75. The van der Waals surface area contributed by atoms with Gasteiger partial charge in [-0.25, -0.2) is 0 Å². The van der Waals surface area contributed by atoms with Crippen LogP contribution in [-0.4, -0.2) is 44.4 Å². The molecule has 1 heterocycles. The molecule has 1 fully saturated rings. The average molecular weight is 251 g/mol. The van der Waals surface area contributed by atoms with E-state index >= 15 is 0 Å². The van der Waals surface area contributed by atoms with Gasteiger partial charge in [-0.2, -0.15) is 0 Å². The van der Waals surface area contributed by atoms with Crippen molar-refractivity contribution in [2.45, 2.75) is 6.42 Å². The van der Waals surface area contributed by atoms with E-state index in [0.717, 1.165) is 19.6 Å². The maximum atomic E-state index is 11.9. The molecule has 18 heavy (non-hydrogen) atoms. The third-order valence-electron chi connectivity index (χ3n) is 2.74. The van der Waals surface area contributed by atoms with Gasteiger partial charge in [0.1, 0.15) is 6.73 Å². The molecule has 0 aromatic heterocycles. The van der Waals surface area contributed by atoms with E-state index in [1.807, 2.05) is 12.1 Å². The zero-order valence-electron chi connectivity index (χ0n) is 10.4. The predicted molar refractivity (Wildman–Crippen MR) is 65.6 cm³/mol. The number of ether oxygens (including phenoxy) is 3. The van der Waals surface area contributed by atoms with E-state index in [4.69, 9.17) is 14.2 Å². The number of nitrogens with zero attached hydrogens (tertiary/aromatic N) is 1. The molecule has 0 radical (unpaired) electrons. The lowest BCUT2D eigenvalue weighted by Crippen LogP contribution is -2.40. The molecule has 1 aliphatic rings. The van der Waals surface area contributed by atoms with E-state index in [1.165, 1.54) is 0 Å². The summed E-state index contributed by atoms with van der Waals surface area (Å²) in [7, 11) is 1.57. The lowest BCUT2D eigenvalue weighted by molar-refractivity contribution is -0.142. The van der Waals surface area contributed by atoms with Crippen LogP contribution in [-0.2, 0) is 9.53 Å². The van der Waals surface area contributed by atoms with Gasteiger partial charge in [-0.15, -0.1) is 0 Å². The van der Waals surface area contributed by atoms with Gasteiger partial charge in [0.15, 0.2) is 18.1 Å². The van der Waals surface area contributed by atoms with E-state index in [1.54, 1.807) is 24.1 Å². The predicted octanol–water partition coefficient (Wildman–Crippen LogP) is 1.28. The number of hydrogen-bond donors (Lipinski definition) is 0. The highest BCUT2D eigenvalue weighted by Gasteiger charge is 2.17. The molecule has 0 atom stereocenters. The van der Waals surface area contributed by atoms with E-state index < -0.39 is 0 Å². The average Bonchev–Trinajstić information content (AvgIpc) is 2.46. The van der Waals surface area contributed by atoms with Crippen molar-refractivity contribution in [1.29, 1.82) is 0 Å². The number of amides is 1. The van der Waals surface area contributed by atoms with Crippen LogP contribution in [0.25, 0.3) is 0 Å².